The maximum absolute atomic E-state index is 10.7. The molecule has 0 saturated carbocycles. The van der Waals surface area contributed by atoms with Gasteiger partial charge in [0.05, 0.1) is 25.3 Å². The molecule has 5 heteroatoms. The van der Waals surface area contributed by atoms with Crippen LogP contribution in [0.1, 0.15) is 0 Å². The summed E-state index contributed by atoms with van der Waals surface area (Å²) in [6.45, 7) is 0. The quantitative estimate of drug-likeness (QED) is 0.666. The number of hydrogen-bond acceptors (Lipinski definition) is 5. The fraction of sp³-hybridized carbons (Fsp3) is 0.100. The van der Waals surface area contributed by atoms with Gasteiger partial charge in [0.25, 0.3) is 0 Å². The van der Waals surface area contributed by atoms with Crippen LogP contribution in [0.15, 0.2) is 54.6 Å². The summed E-state index contributed by atoms with van der Waals surface area (Å²) in [5, 5.41) is 31.0. The second-order valence-electron chi connectivity index (χ2n) is 5.43. The summed E-state index contributed by atoms with van der Waals surface area (Å²) in [6, 6.07) is 15.3. The number of ether oxygens (including phenoxy) is 2. The minimum absolute atomic E-state index is 0.107. The molecule has 0 aromatic heterocycles. The Bertz CT molecular complexity index is 855. The highest BCUT2D eigenvalue weighted by atomic mass is 16.5. The number of aromatic hydroxyl groups is 3. The van der Waals surface area contributed by atoms with Gasteiger partial charge in [0, 0.05) is 0 Å². The Labute approximate surface area is 145 Å². The van der Waals surface area contributed by atoms with E-state index in [1.807, 2.05) is 6.07 Å². The van der Waals surface area contributed by atoms with Crippen LogP contribution in [-0.2, 0) is 0 Å². The Hall–Kier alpha value is -3.34. The summed E-state index contributed by atoms with van der Waals surface area (Å²) in [7, 11) is 2.87. The second kappa shape index (κ2) is 6.65. The third kappa shape index (κ3) is 2.80. The first-order valence-corrected chi connectivity index (χ1v) is 7.63. The van der Waals surface area contributed by atoms with Crippen LogP contribution in [-0.4, -0.2) is 29.5 Å². The molecule has 0 spiro atoms. The van der Waals surface area contributed by atoms with Gasteiger partial charge >= 0.3 is 0 Å². The molecule has 0 atom stereocenters. The van der Waals surface area contributed by atoms with Crippen molar-refractivity contribution < 1.29 is 24.8 Å². The van der Waals surface area contributed by atoms with E-state index in [0.717, 1.165) is 0 Å². The van der Waals surface area contributed by atoms with Crippen LogP contribution in [0.25, 0.3) is 22.3 Å². The van der Waals surface area contributed by atoms with Crippen molar-refractivity contribution >= 4 is 0 Å². The predicted molar refractivity (Wildman–Crippen MR) is 95.4 cm³/mol. The summed E-state index contributed by atoms with van der Waals surface area (Å²) in [5.41, 5.74) is 1.89. The van der Waals surface area contributed by atoms with E-state index in [4.69, 9.17) is 9.47 Å². The third-order valence-electron chi connectivity index (χ3n) is 3.98. The molecule has 0 aliphatic carbocycles. The highest BCUT2D eigenvalue weighted by molar-refractivity contribution is 5.92. The number of rotatable bonds is 4. The summed E-state index contributed by atoms with van der Waals surface area (Å²) < 4.78 is 10.8. The fourth-order valence-corrected chi connectivity index (χ4v) is 2.85. The number of hydrogen-bond donors (Lipinski definition) is 3. The Morgan fingerprint density at radius 1 is 0.600 bits per heavy atom. The van der Waals surface area contributed by atoms with Crippen molar-refractivity contribution in [2.75, 3.05) is 14.2 Å². The van der Waals surface area contributed by atoms with E-state index in [9.17, 15) is 15.3 Å². The van der Waals surface area contributed by atoms with Gasteiger partial charge in [-0.3, -0.25) is 0 Å². The zero-order chi connectivity index (χ0) is 18.0. The predicted octanol–water partition coefficient (Wildman–Crippen LogP) is 4.15. The highest BCUT2D eigenvalue weighted by Gasteiger charge is 2.27. The van der Waals surface area contributed by atoms with Crippen LogP contribution in [0.3, 0.4) is 0 Å². The van der Waals surface area contributed by atoms with Crippen molar-refractivity contribution in [1.82, 2.24) is 0 Å². The van der Waals surface area contributed by atoms with Gasteiger partial charge in [-0.2, -0.15) is 0 Å². The van der Waals surface area contributed by atoms with E-state index in [2.05, 4.69) is 0 Å². The molecule has 25 heavy (non-hydrogen) atoms. The van der Waals surface area contributed by atoms with Crippen LogP contribution in [0.4, 0.5) is 0 Å². The first-order valence-electron chi connectivity index (χ1n) is 7.63. The number of benzene rings is 3. The first kappa shape index (κ1) is 16.5. The van der Waals surface area contributed by atoms with Crippen molar-refractivity contribution in [2.24, 2.45) is 0 Å². The monoisotopic (exact) mass is 338 g/mol. The second-order valence-corrected chi connectivity index (χ2v) is 5.43. The molecule has 3 aromatic carbocycles. The van der Waals surface area contributed by atoms with E-state index in [1.165, 1.54) is 26.4 Å². The SMILES string of the molecule is COc1c(O)c(-c2ccccc2)c(O)c(OC)c1-c1ccc(O)cc1. The van der Waals surface area contributed by atoms with Crippen LogP contribution in [0, 0.1) is 0 Å². The molecular weight excluding hydrogens is 320 g/mol. The molecule has 0 unspecified atom stereocenters. The maximum atomic E-state index is 10.7. The molecule has 0 fully saturated rings. The lowest BCUT2D eigenvalue weighted by Gasteiger charge is -2.20. The normalized spacial score (nSPS) is 10.5. The molecule has 0 radical (unpaired) electrons. The lowest BCUT2D eigenvalue weighted by Crippen LogP contribution is -1.97. The Morgan fingerprint density at radius 2 is 1.08 bits per heavy atom. The highest BCUT2D eigenvalue weighted by Crippen LogP contribution is 2.55. The number of phenolic OH excluding ortho intramolecular Hbond substituents is 3. The van der Waals surface area contributed by atoms with Crippen molar-refractivity contribution in [2.45, 2.75) is 0 Å². The molecule has 5 nitrogen and oxygen atoms in total. The van der Waals surface area contributed by atoms with Crippen LogP contribution in [0.5, 0.6) is 28.7 Å². The minimum Gasteiger partial charge on any atom is -0.508 e. The van der Waals surface area contributed by atoms with Gasteiger partial charge in [-0.05, 0) is 23.3 Å². The molecule has 0 bridgehead atoms. The average molecular weight is 338 g/mol. The lowest BCUT2D eigenvalue weighted by atomic mass is 9.95. The van der Waals surface area contributed by atoms with E-state index < -0.39 is 0 Å². The molecular formula is C20H18O5. The standard InChI is InChI=1S/C20H18O5/c1-24-19-16(13-8-10-14(21)11-9-13)20(25-2)18(23)15(17(19)22)12-6-4-3-5-7-12/h3-11,21-23H,1-2H3. The van der Waals surface area contributed by atoms with Gasteiger partial charge in [-0.15, -0.1) is 0 Å². The molecule has 128 valence electrons. The summed E-state index contributed by atoms with van der Waals surface area (Å²) in [5.74, 6) is 0.0968. The number of phenols is 3. The molecule has 0 saturated heterocycles. The van der Waals surface area contributed by atoms with Crippen LogP contribution >= 0.6 is 0 Å². The fourth-order valence-electron chi connectivity index (χ4n) is 2.85. The van der Waals surface area contributed by atoms with Gasteiger partial charge in [0.2, 0.25) is 0 Å². The first-order chi connectivity index (χ1) is 12.1. The molecule has 0 heterocycles. The van der Waals surface area contributed by atoms with Gasteiger partial charge < -0.3 is 24.8 Å². The molecule has 0 aliphatic heterocycles. The zero-order valence-corrected chi connectivity index (χ0v) is 13.9. The molecule has 3 aromatic rings. The summed E-state index contributed by atoms with van der Waals surface area (Å²) in [6.07, 6.45) is 0. The molecule has 3 N–H and O–H groups in total. The lowest BCUT2D eigenvalue weighted by molar-refractivity contribution is 0.351. The van der Waals surface area contributed by atoms with Crippen LogP contribution in [0.2, 0.25) is 0 Å². The Kier molecular flexibility index (Phi) is 4.39. The van der Waals surface area contributed by atoms with Crippen LogP contribution < -0.4 is 9.47 Å². The van der Waals surface area contributed by atoms with E-state index in [1.54, 1.807) is 36.4 Å². The van der Waals surface area contributed by atoms with Crippen molar-refractivity contribution in [3.8, 4) is 51.0 Å². The average Bonchev–Trinajstić information content (AvgIpc) is 2.63. The largest absolute Gasteiger partial charge is 0.508 e. The third-order valence-corrected chi connectivity index (χ3v) is 3.98. The molecule has 0 amide bonds. The van der Waals surface area contributed by atoms with E-state index in [0.29, 0.717) is 16.7 Å². The van der Waals surface area contributed by atoms with Gasteiger partial charge in [-0.25, -0.2) is 0 Å². The van der Waals surface area contributed by atoms with E-state index in [-0.39, 0.29) is 34.3 Å². The summed E-state index contributed by atoms with van der Waals surface area (Å²) in [4.78, 5) is 0. The van der Waals surface area contributed by atoms with Gasteiger partial charge in [0.1, 0.15) is 5.75 Å². The maximum Gasteiger partial charge on any atom is 0.172 e. The van der Waals surface area contributed by atoms with Gasteiger partial charge in [-0.1, -0.05) is 42.5 Å². The smallest absolute Gasteiger partial charge is 0.172 e. The zero-order valence-electron chi connectivity index (χ0n) is 13.9. The topological polar surface area (TPSA) is 79.2 Å². The Balaban J connectivity index is 2.36. The van der Waals surface area contributed by atoms with Crippen molar-refractivity contribution in [1.29, 1.82) is 0 Å². The van der Waals surface area contributed by atoms with Crippen molar-refractivity contribution in [3.05, 3.63) is 54.6 Å². The summed E-state index contributed by atoms with van der Waals surface area (Å²) >= 11 is 0. The van der Waals surface area contributed by atoms with Crippen molar-refractivity contribution in [3.63, 3.8) is 0 Å². The molecule has 0 aliphatic rings. The Morgan fingerprint density at radius 3 is 1.56 bits per heavy atom. The molecule has 3 rings (SSSR count). The van der Waals surface area contributed by atoms with E-state index >= 15 is 0 Å². The van der Waals surface area contributed by atoms with Gasteiger partial charge in [0.15, 0.2) is 23.0 Å². The minimum atomic E-state index is -0.185. The number of methoxy groups -OCH3 is 2.